The van der Waals surface area contributed by atoms with E-state index in [1.807, 2.05) is 0 Å². The van der Waals surface area contributed by atoms with Crippen molar-refractivity contribution in [2.24, 2.45) is 23.7 Å². The third-order valence-corrected chi connectivity index (χ3v) is 12.1. The number of hydrogen-bond donors (Lipinski definition) is 0. The first-order valence-corrected chi connectivity index (χ1v) is 9.62. The van der Waals surface area contributed by atoms with Crippen molar-refractivity contribution >= 4 is 75.6 Å². The summed E-state index contributed by atoms with van der Waals surface area (Å²) in [7, 11) is 0. The van der Waals surface area contributed by atoms with Crippen LogP contribution in [0.25, 0.3) is 0 Å². The summed E-state index contributed by atoms with van der Waals surface area (Å²) in [6, 6.07) is 0. The van der Waals surface area contributed by atoms with Gasteiger partial charge in [-0.2, -0.15) is 0 Å². The number of ether oxygens (including phenoxy) is 1. The lowest BCUT2D eigenvalue weighted by atomic mass is 9.76. The maximum Gasteiger partial charge on any atom is 0.303 e. The lowest BCUT2D eigenvalue weighted by Gasteiger charge is -2.45. The summed E-state index contributed by atoms with van der Waals surface area (Å²) >= 11 is 41.2. The van der Waals surface area contributed by atoms with Crippen molar-refractivity contribution in [3.63, 3.8) is 0 Å². The van der Waals surface area contributed by atoms with Gasteiger partial charge in [-0.3, -0.25) is 4.79 Å². The van der Waals surface area contributed by atoms with E-state index in [1.54, 1.807) is 0 Å². The fraction of sp³-hybridized carbons (Fsp3) is 0.929. The van der Waals surface area contributed by atoms with Crippen molar-refractivity contribution in [2.75, 3.05) is 0 Å². The van der Waals surface area contributed by atoms with Crippen LogP contribution >= 0.6 is 69.6 Å². The molecule has 0 saturated heterocycles. The van der Waals surface area contributed by atoms with Gasteiger partial charge >= 0.3 is 5.97 Å². The first kappa shape index (κ1) is 15.5. The van der Waals surface area contributed by atoms with Crippen LogP contribution in [-0.2, 0) is 9.53 Å². The zero-order valence-corrected chi connectivity index (χ0v) is 15.9. The lowest BCUT2D eigenvalue weighted by Crippen LogP contribution is -2.62. The second-order valence-electron chi connectivity index (χ2n) is 7.47. The lowest BCUT2D eigenvalue weighted by molar-refractivity contribution is -0.164. The molecule has 5 aliphatic carbocycles. The van der Waals surface area contributed by atoms with Crippen molar-refractivity contribution in [3.05, 3.63) is 0 Å². The summed E-state index contributed by atoms with van der Waals surface area (Å²) in [5.41, 5.74) is -0.928. The van der Waals surface area contributed by atoms with E-state index < -0.39 is 35.9 Å². The van der Waals surface area contributed by atoms with E-state index in [2.05, 4.69) is 0 Å². The Balaban J connectivity index is 1.87. The Bertz CT molecular complexity index is 641. The highest BCUT2D eigenvalue weighted by Gasteiger charge is 3.03. The molecule has 5 fully saturated rings. The first-order valence-electron chi connectivity index (χ1n) is 7.30. The maximum absolute atomic E-state index is 11.8. The largest absolute Gasteiger partial charge is 0.457 e. The van der Waals surface area contributed by atoms with E-state index in [0.717, 1.165) is 6.42 Å². The Morgan fingerprint density at radius 1 is 1.09 bits per heavy atom. The summed E-state index contributed by atoms with van der Waals surface area (Å²) in [6.45, 7) is 1.38. The van der Waals surface area contributed by atoms with Gasteiger partial charge in [0.05, 0.1) is 5.38 Å². The average molecular weight is 425 g/mol. The highest BCUT2D eigenvalue weighted by molar-refractivity contribution is 6.64. The van der Waals surface area contributed by atoms with E-state index in [0.29, 0.717) is 6.42 Å². The van der Waals surface area contributed by atoms with Crippen LogP contribution in [-0.4, -0.2) is 35.9 Å². The Labute approximate surface area is 158 Å². The van der Waals surface area contributed by atoms with E-state index in [4.69, 9.17) is 74.3 Å². The molecule has 0 spiro atoms. The second-order valence-corrected chi connectivity index (χ2v) is 11.1. The standard InChI is InChI=1S/C14H12Cl6O2/c1-4(21)22-10-3-5-2-6(10)8-7(5)11(16)9(15)13(10,18)12(8,17)14(11,19)20/h5-9H,2-3H2,1H3. The molecule has 0 aromatic rings. The minimum Gasteiger partial charge on any atom is -0.457 e. The molecule has 0 aliphatic heterocycles. The number of fused-ring (bicyclic) bond motifs is 5. The predicted octanol–water partition coefficient (Wildman–Crippen LogP) is 4.32. The zero-order valence-electron chi connectivity index (χ0n) is 11.4. The summed E-state index contributed by atoms with van der Waals surface area (Å²) < 4.78 is 4.35. The Kier molecular flexibility index (Phi) is 2.58. The Hall–Kier alpha value is 1.21. The number of halogens is 6. The van der Waals surface area contributed by atoms with Crippen LogP contribution in [0, 0.1) is 23.7 Å². The summed E-state index contributed by atoms with van der Waals surface area (Å²) in [6.07, 6.45) is 1.52. The number of carbonyl (C=O) groups is 1. The van der Waals surface area contributed by atoms with E-state index in [1.165, 1.54) is 6.92 Å². The third-order valence-electron chi connectivity index (χ3n) is 7.12. The van der Waals surface area contributed by atoms with Crippen LogP contribution in [0.15, 0.2) is 0 Å². The second kappa shape index (κ2) is 3.67. The normalized spacial score (nSPS) is 68.2. The molecule has 0 heterocycles. The molecule has 122 valence electrons. The SMILES string of the molecule is CC(=O)OC12CC3CC1C1C3C3(Cl)C(Cl)C2(Cl)C1(Cl)C3(Cl)Cl. The third kappa shape index (κ3) is 0.997. The van der Waals surface area contributed by atoms with Gasteiger partial charge in [0.1, 0.15) is 20.2 Å². The molecule has 5 aliphatic rings. The van der Waals surface area contributed by atoms with Crippen LogP contribution in [0.4, 0.5) is 0 Å². The fourth-order valence-electron chi connectivity index (χ4n) is 6.88. The van der Waals surface area contributed by atoms with Crippen molar-refractivity contribution in [1.29, 1.82) is 0 Å². The molecule has 0 aromatic carbocycles. The molecule has 0 aromatic heterocycles. The topological polar surface area (TPSA) is 26.3 Å². The minimum absolute atomic E-state index is 0.00669. The molecule has 0 radical (unpaired) electrons. The van der Waals surface area contributed by atoms with Crippen LogP contribution < -0.4 is 0 Å². The monoisotopic (exact) mass is 422 g/mol. The summed E-state index contributed by atoms with van der Waals surface area (Å²) in [5, 5.41) is -0.772. The molecule has 8 heteroatoms. The molecule has 2 nitrogen and oxygen atoms in total. The number of rotatable bonds is 1. The van der Waals surface area contributed by atoms with Gasteiger partial charge < -0.3 is 4.74 Å². The van der Waals surface area contributed by atoms with Crippen molar-refractivity contribution in [2.45, 2.75) is 49.7 Å². The fourth-order valence-corrected chi connectivity index (χ4v) is 11.0. The van der Waals surface area contributed by atoms with E-state index >= 15 is 0 Å². The van der Waals surface area contributed by atoms with E-state index in [9.17, 15) is 4.79 Å². The molecule has 5 rings (SSSR count). The number of carbonyl (C=O) groups excluding carboxylic acids is 1. The molecule has 9 unspecified atom stereocenters. The van der Waals surface area contributed by atoms with Gasteiger partial charge in [0, 0.05) is 12.8 Å². The highest BCUT2D eigenvalue weighted by Crippen LogP contribution is 2.93. The van der Waals surface area contributed by atoms with Crippen LogP contribution in [0.3, 0.4) is 0 Å². The minimum atomic E-state index is -1.47. The molecule has 9 atom stereocenters. The van der Waals surface area contributed by atoms with Crippen LogP contribution in [0.5, 0.6) is 0 Å². The number of alkyl halides is 6. The smallest absolute Gasteiger partial charge is 0.303 e. The Morgan fingerprint density at radius 3 is 2.32 bits per heavy atom. The van der Waals surface area contributed by atoms with Crippen molar-refractivity contribution in [3.8, 4) is 0 Å². The van der Waals surface area contributed by atoms with Gasteiger partial charge in [-0.1, -0.05) is 23.2 Å². The van der Waals surface area contributed by atoms with Crippen LogP contribution in [0.2, 0.25) is 0 Å². The predicted molar refractivity (Wildman–Crippen MR) is 87.5 cm³/mol. The molecule has 0 N–H and O–H groups in total. The summed E-state index contributed by atoms with van der Waals surface area (Å²) in [4.78, 5) is 8.21. The zero-order chi connectivity index (χ0) is 16.1. The van der Waals surface area contributed by atoms with Gasteiger partial charge in [0.2, 0.25) is 0 Å². The average Bonchev–Trinajstić information content (AvgIpc) is 3.03. The van der Waals surface area contributed by atoms with Crippen molar-refractivity contribution < 1.29 is 9.53 Å². The van der Waals surface area contributed by atoms with Gasteiger partial charge in [-0.15, -0.1) is 46.4 Å². The quantitative estimate of drug-likeness (QED) is 0.463. The van der Waals surface area contributed by atoms with Crippen LogP contribution in [0.1, 0.15) is 19.8 Å². The molecule has 5 saturated carbocycles. The van der Waals surface area contributed by atoms with Crippen molar-refractivity contribution in [1.82, 2.24) is 0 Å². The molecular weight excluding hydrogens is 413 g/mol. The number of hydrogen-bond acceptors (Lipinski definition) is 2. The summed E-state index contributed by atoms with van der Waals surface area (Å²) in [5.74, 6) is -0.216. The molecular formula is C14H12Cl6O2. The maximum atomic E-state index is 11.8. The van der Waals surface area contributed by atoms with Gasteiger partial charge in [-0.25, -0.2) is 0 Å². The highest BCUT2D eigenvalue weighted by atomic mass is 35.5. The van der Waals surface area contributed by atoms with Gasteiger partial charge in [-0.05, 0) is 30.6 Å². The molecule has 0 amide bonds. The van der Waals surface area contributed by atoms with E-state index in [-0.39, 0.29) is 23.7 Å². The first-order chi connectivity index (χ1) is 10.0. The van der Waals surface area contributed by atoms with Gasteiger partial charge in [0.15, 0.2) is 4.33 Å². The number of esters is 1. The molecule has 4 bridgehead atoms. The van der Waals surface area contributed by atoms with Gasteiger partial charge in [0.25, 0.3) is 0 Å². The Morgan fingerprint density at radius 2 is 1.73 bits per heavy atom. The molecule has 22 heavy (non-hydrogen) atoms.